The van der Waals surface area contributed by atoms with E-state index in [1.807, 2.05) is 11.8 Å². The molecule has 0 aliphatic carbocycles. The predicted octanol–water partition coefficient (Wildman–Crippen LogP) is 3.70. The lowest BCUT2D eigenvalue weighted by molar-refractivity contribution is -0.137. The molecule has 0 amide bonds. The third-order valence-electron chi connectivity index (χ3n) is 2.77. The molecule has 1 aliphatic heterocycles. The van der Waals surface area contributed by atoms with E-state index >= 15 is 0 Å². The molecule has 0 radical (unpaired) electrons. The number of alkyl halides is 3. The first-order chi connectivity index (χ1) is 8.38. The maximum atomic E-state index is 12.7. The molecule has 1 saturated heterocycles. The molecule has 2 nitrogen and oxygen atoms in total. The van der Waals surface area contributed by atoms with Gasteiger partial charge in [-0.3, -0.25) is 0 Å². The van der Waals surface area contributed by atoms with E-state index in [9.17, 15) is 13.2 Å². The largest absolute Gasteiger partial charge is 0.416 e. The number of aromatic nitrogens is 1. The molecule has 100 valence electrons. The van der Waals surface area contributed by atoms with Gasteiger partial charge in [0.05, 0.1) is 5.56 Å². The highest BCUT2D eigenvalue weighted by molar-refractivity contribution is 7.99. The summed E-state index contributed by atoms with van der Waals surface area (Å²) in [6.07, 6.45) is -4.39. The summed E-state index contributed by atoms with van der Waals surface area (Å²) in [5, 5.41) is -0.120. The lowest BCUT2D eigenvalue weighted by atomic mass is 10.2. The molecule has 0 aromatic carbocycles. The van der Waals surface area contributed by atoms with Crippen LogP contribution >= 0.6 is 23.4 Å². The molecule has 1 fully saturated rings. The molecule has 2 heterocycles. The first-order valence-electron chi connectivity index (χ1n) is 5.47. The van der Waals surface area contributed by atoms with E-state index in [2.05, 4.69) is 4.98 Å². The molecule has 7 heteroatoms. The van der Waals surface area contributed by atoms with E-state index in [0.717, 1.165) is 23.6 Å². The van der Waals surface area contributed by atoms with Crippen LogP contribution < -0.4 is 4.90 Å². The number of thioether (sulfide) groups is 1. The smallest absolute Gasteiger partial charge is 0.352 e. The number of hydrogen-bond acceptors (Lipinski definition) is 3. The van der Waals surface area contributed by atoms with Crippen LogP contribution in [-0.2, 0) is 6.18 Å². The fourth-order valence-corrected chi connectivity index (χ4v) is 3.08. The van der Waals surface area contributed by atoms with Gasteiger partial charge in [0.25, 0.3) is 0 Å². The van der Waals surface area contributed by atoms with Crippen LogP contribution in [-0.4, -0.2) is 29.1 Å². The number of halogens is 4. The van der Waals surface area contributed by atoms with Gasteiger partial charge >= 0.3 is 6.18 Å². The molecule has 18 heavy (non-hydrogen) atoms. The Labute approximate surface area is 113 Å². The van der Waals surface area contributed by atoms with E-state index in [4.69, 9.17) is 11.6 Å². The Morgan fingerprint density at radius 1 is 1.44 bits per heavy atom. The second kappa shape index (κ2) is 5.17. The van der Waals surface area contributed by atoms with Crippen LogP contribution in [0.3, 0.4) is 0 Å². The van der Waals surface area contributed by atoms with Crippen molar-refractivity contribution in [3.63, 3.8) is 0 Å². The molecular weight excluding hydrogens is 285 g/mol. The summed E-state index contributed by atoms with van der Waals surface area (Å²) in [6.45, 7) is 2.67. The molecule has 0 N–H and O–H groups in total. The first kappa shape index (κ1) is 13.8. The second-order valence-electron chi connectivity index (χ2n) is 4.15. The highest BCUT2D eigenvalue weighted by Gasteiger charge is 2.32. The Hall–Kier alpha value is -0.620. The van der Waals surface area contributed by atoms with E-state index in [1.54, 1.807) is 11.8 Å². The molecule has 2 rings (SSSR count). The van der Waals surface area contributed by atoms with Gasteiger partial charge in [-0.25, -0.2) is 4.98 Å². The van der Waals surface area contributed by atoms with Crippen LogP contribution in [0.15, 0.2) is 12.1 Å². The third-order valence-corrected chi connectivity index (χ3v) is 4.15. The minimum absolute atomic E-state index is 0.120. The number of rotatable bonds is 1. The van der Waals surface area contributed by atoms with Crippen molar-refractivity contribution in [3.8, 4) is 0 Å². The summed E-state index contributed by atoms with van der Waals surface area (Å²) < 4.78 is 38.1. The van der Waals surface area contributed by atoms with E-state index < -0.39 is 11.7 Å². The van der Waals surface area contributed by atoms with Crippen LogP contribution in [0.2, 0.25) is 5.15 Å². The lowest BCUT2D eigenvalue weighted by Crippen LogP contribution is -2.41. The maximum Gasteiger partial charge on any atom is 0.416 e. The molecule has 1 aromatic heterocycles. The fraction of sp³-hybridized carbons (Fsp3) is 0.545. The number of hydrogen-bond donors (Lipinski definition) is 0. The van der Waals surface area contributed by atoms with Crippen molar-refractivity contribution in [2.24, 2.45) is 0 Å². The van der Waals surface area contributed by atoms with Crippen molar-refractivity contribution in [1.29, 1.82) is 0 Å². The summed E-state index contributed by atoms with van der Waals surface area (Å²) in [4.78, 5) is 5.88. The van der Waals surface area contributed by atoms with Gasteiger partial charge in [0.2, 0.25) is 0 Å². The van der Waals surface area contributed by atoms with Gasteiger partial charge in [-0.05, 0) is 19.1 Å². The van der Waals surface area contributed by atoms with Crippen molar-refractivity contribution in [1.82, 2.24) is 4.98 Å². The standard InChI is InChI=1S/C11H12ClF3N2S/c1-7-6-18-3-2-17(7)10-5-8(11(13,14)15)4-9(12)16-10/h4-5,7H,2-3,6H2,1H3. The monoisotopic (exact) mass is 296 g/mol. The summed E-state index contributed by atoms with van der Waals surface area (Å²) in [5.41, 5.74) is -0.747. The van der Waals surface area contributed by atoms with Crippen molar-refractivity contribution >= 4 is 29.2 Å². The Bertz CT molecular complexity index is 439. The van der Waals surface area contributed by atoms with Crippen molar-refractivity contribution < 1.29 is 13.2 Å². The van der Waals surface area contributed by atoms with Gasteiger partial charge in [0.15, 0.2) is 0 Å². The molecule has 0 spiro atoms. The van der Waals surface area contributed by atoms with E-state index in [1.165, 1.54) is 0 Å². The minimum Gasteiger partial charge on any atom is -0.352 e. The van der Waals surface area contributed by atoms with Crippen molar-refractivity contribution in [2.45, 2.75) is 19.1 Å². The molecule has 0 bridgehead atoms. The summed E-state index contributed by atoms with van der Waals surface area (Å²) in [6, 6.07) is 2.09. The molecular formula is C11H12ClF3N2S. The average Bonchev–Trinajstić information content (AvgIpc) is 2.27. The van der Waals surface area contributed by atoms with Gasteiger partial charge in [-0.1, -0.05) is 11.6 Å². The summed E-state index contributed by atoms with van der Waals surface area (Å²) in [5.74, 6) is 2.08. The summed E-state index contributed by atoms with van der Waals surface area (Å²) >= 11 is 7.47. The van der Waals surface area contributed by atoms with Crippen LogP contribution in [0.25, 0.3) is 0 Å². The molecule has 0 saturated carbocycles. The summed E-state index contributed by atoms with van der Waals surface area (Å²) in [7, 11) is 0. The van der Waals surface area contributed by atoms with Crippen molar-refractivity contribution in [3.05, 3.63) is 22.8 Å². The highest BCUT2D eigenvalue weighted by Crippen LogP contribution is 2.34. The number of nitrogens with zero attached hydrogens (tertiary/aromatic N) is 2. The normalized spacial score (nSPS) is 21.2. The first-order valence-corrected chi connectivity index (χ1v) is 7.00. The quantitative estimate of drug-likeness (QED) is 0.735. The molecule has 1 aliphatic rings. The van der Waals surface area contributed by atoms with Crippen LogP contribution in [0.5, 0.6) is 0 Å². The third kappa shape index (κ3) is 3.03. The van der Waals surface area contributed by atoms with Gasteiger partial charge in [-0.2, -0.15) is 24.9 Å². The SMILES string of the molecule is CC1CSCCN1c1cc(C(F)(F)F)cc(Cl)n1. The Balaban J connectivity index is 2.35. The zero-order valence-corrected chi connectivity index (χ0v) is 11.2. The second-order valence-corrected chi connectivity index (χ2v) is 5.69. The van der Waals surface area contributed by atoms with Crippen LogP contribution in [0.1, 0.15) is 12.5 Å². The molecule has 1 aromatic rings. The number of anilines is 1. The van der Waals surface area contributed by atoms with Crippen LogP contribution in [0, 0.1) is 0 Å². The Morgan fingerprint density at radius 2 is 2.17 bits per heavy atom. The van der Waals surface area contributed by atoms with Gasteiger partial charge in [0.1, 0.15) is 11.0 Å². The highest BCUT2D eigenvalue weighted by atomic mass is 35.5. The fourth-order valence-electron chi connectivity index (χ4n) is 1.86. The van der Waals surface area contributed by atoms with Crippen molar-refractivity contribution in [2.75, 3.05) is 23.0 Å². The lowest BCUT2D eigenvalue weighted by Gasteiger charge is -2.34. The van der Waals surface area contributed by atoms with Crippen LogP contribution in [0.4, 0.5) is 19.0 Å². The Morgan fingerprint density at radius 3 is 2.78 bits per heavy atom. The van der Waals surface area contributed by atoms with Gasteiger partial charge in [-0.15, -0.1) is 0 Å². The topological polar surface area (TPSA) is 16.1 Å². The minimum atomic E-state index is -4.39. The van der Waals surface area contributed by atoms with E-state index in [-0.39, 0.29) is 11.2 Å². The number of pyridine rings is 1. The zero-order valence-electron chi connectivity index (χ0n) is 9.67. The Kier molecular flexibility index (Phi) is 3.96. The average molecular weight is 297 g/mol. The van der Waals surface area contributed by atoms with Gasteiger partial charge in [0, 0.05) is 24.1 Å². The van der Waals surface area contributed by atoms with Gasteiger partial charge < -0.3 is 4.90 Å². The van der Waals surface area contributed by atoms with E-state index in [0.29, 0.717) is 12.4 Å². The molecule has 1 atom stereocenters. The molecule has 1 unspecified atom stereocenters. The maximum absolute atomic E-state index is 12.7. The zero-order chi connectivity index (χ0) is 13.3. The predicted molar refractivity (Wildman–Crippen MR) is 68.4 cm³/mol.